The summed E-state index contributed by atoms with van der Waals surface area (Å²) in [4.78, 5) is 8.51. The largest absolute Gasteiger partial charge is 0.577 e. The monoisotopic (exact) mass is 676 g/mol. The average Bonchev–Trinajstić information content (AvgIpc) is 3.76. The van der Waals surface area contributed by atoms with Crippen molar-refractivity contribution in [1.29, 1.82) is 0 Å². The Morgan fingerprint density at radius 3 is 1.02 bits per heavy atom. The molecule has 8 nitrogen and oxygen atoms in total. The van der Waals surface area contributed by atoms with Crippen LogP contribution in [0.5, 0.6) is 46.0 Å². The number of aliphatic hydroxyl groups is 2. The number of hydrogen-bond acceptors (Lipinski definition) is 10. The molecule has 0 saturated heterocycles. The zero-order valence-electron chi connectivity index (χ0n) is 25.6. The van der Waals surface area contributed by atoms with E-state index in [0.29, 0.717) is 52.9 Å². The van der Waals surface area contributed by atoms with Crippen molar-refractivity contribution in [2.24, 2.45) is 0 Å². The Morgan fingerprint density at radius 1 is 0.409 bits per heavy atom. The summed E-state index contributed by atoms with van der Waals surface area (Å²) in [5.74, 6) is 6.68. The molecule has 0 atom stereocenters. The van der Waals surface area contributed by atoms with E-state index in [-0.39, 0.29) is 10.8 Å². The van der Waals surface area contributed by atoms with Crippen molar-refractivity contribution in [2.45, 2.75) is 52.4 Å². The summed E-state index contributed by atoms with van der Waals surface area (Å²) in [6, 6.07) is 0. The molecule has 0 aliphatic carbocycles. The molecule has 0 radical (unpaired) electrons. The highest BCUT2D eigenvalue weighted by atomic mass is 32.1. The van der Waals surface area contributed by atoms with Crippen LogP contribution in [0.15, 0.2) is 0 Å². The minimum absolute atomic E-state index is 0.0677. The number of ether oxygens (including phenoxy) is 8. The van der Waals surface area contributed by atoms with Gasteiger partial charge < -0.3 is 37.9 Å². The van der Waals surface area contributed by atoms with Gasteiger partial charge in [0.1, 0.15) is 45.9 Å². The second kappa shape index (κ2) is 10.4. The Bertz CT molecular complexity index is 1630. The molecule has 0 aromatic carbocycles. The lowest BCUT2D eigenvalue weighted by molar-refractivity contribution is 0.00921. The average molecular weight is 677 g/mol. The fourth-order valence-electron chi connectivity index (χ4n) is 5.79. The molecule has 44 heavy (non-hydrogen) atoms. The Hall–Kier alpha value is -2.80. The maximum Gasteiger partial charge on any atom is 0.313 e. The van der Waals surface area contributed by atoms with Crippen molar-refractivity contribution in [3.05, 3.63) is 9.75 Å². The van der Waals surface area contributed by atoms with E-state index in [1.165, 1.54) is 9.75 Å². The molecule has 4 aromatic heterocycles. The van der Waals surface area contributed by atoms with E-state index in [1.807, 2.05) is 0 Å². The van der Waals surface area contributed by atoms with Crippen LogP contribution in [0.3, 0.4) is 0 Å². The van der Waals surface area contributed by atoms with Crippen molar-refractivity contribution in [2.75, 3.05) is 52.9 Å². The molecule has 12 heteroatoms. The quantitative estimate of drug-likeness (QED) is 0.203. The van der Waals surface area contributed by atoms with E-state index in [0.717, 1.165) is 75.3 Å². The fraction of sp³-hybridized carbons (Fsp3) is 0.500. The van der Waals surface area contributed by atoms with Crippen LogP contribution in [0, 0.1) is 0 Å². The van der Waals surface area contributed by atoms with Crippen LogP contribution in [0.4, 0.5) is 0 Å². The van der Waals surface area contributed by atoms with Gasteiger partial charge in [-0.25, -0.2) is 0 Å². The Kier molecular flexibility index (Phi) is 6.75. The lowest BCUT2D eigenvalue weighted by Crippen LogP contribution is -2.16. The van der Waals surface area contributed by atoms with Gasteiger partial charge in [-0.3, -0.25) is 0 Å². The van der Waals surface area contributed by atoms with Gasteiger partial charge in [0.05, 0.1) is 19.5 Å². The number of aromatic hydroxyl groups is 2. The molecule has 8 rings (SSSR count). The minimum Gasteiger partial charge on any atom is -0.577 e. The first-order valence-electron chi connectivity index (χ1n) is 14.9. The topological polar surface area (TPSA) is 81.0 Å². The summed E-state index contributed by atoms with van der Waals surface area (Å²) in [7, 11) is 0. The number of hydrogen-bond donors (Lipinski definition) is 0. The second-order valence-corrected chi connectivity index (χ2v) is 17.1. The lowest BCUT2D eigenvalue weighted by Gasteiger charge is -2.19. The van der Waals surface area contributed by atoms with Crippen LogP contribution in [0.25, 0.3) is 29.3 Å². The van der Waals surface area contributed by atoms with Crippen molar-refractivity contribution in [3.63, 3.8) is 0 Å². The molecule has 2 N–H and O–H groups in total. The molecule has 4 aliphatic heterocycles. The highest BCUT2D eigenvalue weighted by Gasteiger charge is 2.42. The molecule has 4 aromatic rings. The molecule has 0 saturated carbocycles. The molecule has 234 valence electrons. The Morgan fingerprint density at radius 2 is 0.705 bits per heavy atom. The van der Waals surface area contributed by atoms with Crippen LogP contribution in [0.1, 0.15) is 51.3 Å². The van der Waals surface area contributed by atoms with Crippen LogP contribution in [-0.2, 0) is 10.8 Å². The fourth-order valence-corrected chi connectivity index (χ4v) is 11.1. The molecule has 8 heterocycles. The van der Waals surface area contributed by atoms with Gasteiger partial charge in [0.25, 0.3) is 0 Å². The minimum atomic E-state index is -0.0677. The summed E-state index contributed by atoms with van der Waals surface area (Å²) in [6.45, 7) is 17.8. The number of thiophene rings is 4. The Labute approximate surface area is 272 Å². The van der Waals surface area contributed by atoms with Gasteiger partial charge in [-0.05, 0) is 0 Å². The van der Waals surface area contributed by atoms with Gasteiger partial charge >= 0.3 is 11.5 Å². The van der Waals surface area contributed by atoms with Crippen LogP contribution >= 0.6 is 45.3 Å². The molecule has 0 fully saturated rings. The highest BCUT2D eigenvalue weighted by molar-refractivity contribution is 7.29. The standard InChI is InChI=1S/C32H34O8S4/c1-31(2,3)29-21-19(37-11-13-39-21)27(43-29)25-17-15(33-7-9-35-17)23(41-25)24-16-18(36-10-8-34-16)26(42-24)28-20-22(40-14-12-38-20)30(44-28)32(4,5)6/h7-14H2,1-6H3/p+2. The summed E-state index contributed by atoms with van der Waals surface area (Å²) in [5.41, 5.74) is -0.135. The van der Waals surface area contributed by atoms with Gasteiger partial charge in [-0.2, -0.15) is 0 Å². The molecule has 0 spiro atoms. The van der Waals surface area contributed by atoms with Crippen molar-refractivity contribution in [1.82, 2.24) is 0 Å². The first kappa shape index (κ1) is 28.7. The molecule has 0 unspecified atom stereocenters. The van der Waals surface area contributed by atoms with Gasteiger partial charge in [0.2, 0.25) is 24.7 Å². The van der Waals surface area contributed by atoms with Gasteiger partial charge in [0, 0.05) is 10.8 Å². The van der Waals surface area contributed by atoms with E-state index < -0.39 is 0 Å². The number of fused-ring (bicyclic) bond motifs is 4. The van der Waals surface area contributed by atoms with Gasteiger partial charge in [0.15, 0.2) is 36.2 Å². The van der Waals surface area contributed by atoms with E-state index in [9.17, 15) is 0 Å². The van der Waals surface area contributed by atoms with Crippen LogP contribution < -0.4 is 28.4 Å². The molecule has 0 bridgehead atoms. The SMILES string of the molecule is CC(C)(C)c1sc(-c2sc(-c3sc(-c4sc(C(C)(C)C)c5c4OCC[OH+]5)c4c3OCCO4)c3c2OCCO3)c2c1[OH+]CCO2. The predicted octanol–water partition coefficient (Wildman–Crippen LogP) is 8.34. The van der Waals surface area contributed by atoms with E-state index >= 15 is 0 Å². The van der Waals surface area contributed by atoms with Gasteiger partial charge in [-0.1, -0.05) is 41.5 Å². The molecule has 4 aliphatic rings. The maximum absolute atomic E-state index is 6.37. The Balaban J connectivity index is 1.32. The molecule has 0 amide bonds. The summed E-state index contributed by atoms with van der Waals surface area (Å²) < 4.78 is 47.8. The first-order chi connectivity index (χ1) is 21.1. The first-order valence-corrected chi connectivity index (χ1v) is 18.2. The normalized spacial score (nSPS) is 17.1. The van der Waals surface area contributed by atoms with Crippen molar-refractivity contribution in [3.8, 4) is 75.3 Å². The maximum atomic E-state index is 6.37. The van der Waals surface area contributed by atoms with E-state index in [4.69, 9.17) is 37.9 Å². The molecular weight excluding hydrogens is 641 g/mol. The summed E-state index contributed by atoms with van der Waals surface area (Å²) in [5, 5.41) is 0. The van der Waals surface area contributed by atoms with E-state index in [1.54, 1.807) is 45.3 Å². The van der Waals surface area contributed by atoms with Crippen molar-refractivity contribution < 1.29 is 37.9 Å². The third kappa shape index (κ3) is 4.46. The zero-order chi connectivity index (χ0) is 30.4. The van der Waals surface area contributed by atoms with Gasteiger partial charge in [-0.15, -0.1) is 45.3 Å². The van der Waals surface area contributed by atoms with Crippen LogP contribution in [0.2, 0.25) is 0 Å². The smallest absolute Gasteiger partial charge is 0.313 e. The summed E-state index contributed by atoms with van der Waals surface area (Å²) in [6.07, 6.45) is 0. The van der Waals surface area contributed by atoms with Crippen molar-refractivity contribution >= 4 is 45.3 Å². The number of rotatable bonds is 3. The highest BCUT2D eigenvalue weighted by Crippen LogP contribution is 2.66. The second-order valence-electron chi connectivity index (χ2n) is 13.1. The zero-order valence-corrected chi connectivity index (χ0v) is 28.9. The third-order valence-corrected chi connectivity index (χ3v) is 13.6. The summed E-state index contributed by atoms with van der Waals surface area (Å²) >= 11 is 6.82. The molecular formula is C32H36O8S4+2. The third-order valence-electron chi connectivity index (χ3n) is 7.68. The van der Waals surface area contributed by atoms with E-state index in [2.05, 4.69) is 41.5 Å². The lowest BCUT2D eigenvalue weighted by atomic mass is 9.94. The predicted molar refractivity (Wildman–Crippen MR) is 178 cm³/mol. The van der Waals surface area contributed by atoms with Crippen LogP contribution in [-0.4, -0.2) is 62.3 Å².